The maximum Gasteiger partial charge on any atom is 0.265 e. The summed E-state index contributed by atoms with van der Waals surface area (Å²) in [5.74, 6) is 1.72. The molecule has 1 N–H and O–H groups in total. The number of rotatable bonds is 5. The van der Waals surface area contributed by atoms with Crippen LogP contribution in [0.5, 0.6) is 5.75 Å². The average Bonchev–Trinajstić information content (AvgIpc) is 3.30. The van der Waals surface area contributed by atoms with E-state index in [-0.39, 0.29) is 36.5 Å². The number of carbonyl (C=O) groups is 1. The molecule has 7 nitrogen and oxygen atoms in total. The van der Waals surface area contributed by atoms with Gasteiger partial charge >= 0.3 is 0 Å². The number of benzene rings is 1. The molecule has 1 fully saturated rings. The van der Waals surface area contributed by atoms with Crippen LogP contribution >= 0.6 is 35.3 Å². The van der Waals surface area contributed by atoms with Crippen LogP contribution in [-0.4, -0.2) is 69.7 Å². The first kappa shape index (κ1) is 22.7. The summed E-state index contributed by atoms with van der Waals surface area (Å²) >= 11 is 1.79. The number of ether oxygens (including phenoxy) is 1. The van der Waals surface area contributed by atoms with Gasteiger partial charge in [0.2, 0.25) is 0 Å². The molecule has 1 amide bonds. The number of guanidine groups is 1. The summed E-state index contributed by atoms with van der Waals surface area (Å²) in [7, 11) is 1.83. The van der Waals surface area contributed by atoms with E-state index in [4.69, 9.17) is 4.74 Å². The molecule has 30 heavy (non-hydrogen) atoms. The Morgan fingerprint density at radius 1 is 1.17 bits per heavy atom. The number of halogens is 1. The number of nitrogens with one attached hydrogen (secondary N) is 1. The highest BCUT2D eigenvalue weighted by atomic mass is 127. The third-order valence-electron chi connectivity index (χ3n) is 5.26. The Balaban J connectivity index is 0.00000256. The van der Waals surface area contributed by atoms with Crippen molar-refractivity contribution in [1.82, 2.24) is 10.2 Å². The number of thiophene rings is 1. The van der Waals surface area contributed by atoms with E-state index in [1.807, 2.05) is 36.2 Å². The normalized spacial score (nSPS) is 16.6. The molecule has 2 aliphatic heterocycles. The lowest BCUT2D eigenvalue weighted by molar-refractivity contribution is -0.121. The van der Waals surface area contributed by atoms with Gasteiger partial charge in [-0.2, -0.15) is 0 Å². The van der Waals surface area contributed by atoms with Crippen LogP contribution in [0.1, 0.15) is 6.42 Å². The zero-order chi connectivity index (χ0) is 20.1. The number of nitrogens with zero attached hydrogens (tertiary/aromatic N) is 4. The smallest absolute Gasteiger partial charge is 0.265 e. The van der Waals surface area contributed by atoms with Gasteiger partial charge in [-0.3, -0.25) is 9.79 Å². The molecule has 0 saturated carbocycles. The van der Waals surface area contributed by atoms with E-state index in [1.54, 1.807) is 11.3 Å². The molecule has 1 aromatic heterocycles. The van der Waals surface area contributed by atoms with Crippen molar-refractivity contribution in [2.24, 2.45) is 4.99 Å². The van der Waals surface area contributed by atoms with Gasteiger partial charge in [-0.05, 0) is 36.1 Å². The fourth-order valence-corrected chi connectivity index (χ4v) is 4.54. The van der Waals surface area contributed by atoms with Crippen molar-refractivity contribution < 1.29 is 9.53 Å². The van der Waals surface area contributed by atoms with Crippen LogP contribution in [0.4, 0.5) is 10.7 Å². The molecule has 2 aromatic rings. The number of carbonyl (C=O) groups excluding carboxylic acids is 1. The van der Waals surface area contributed by atoms with Crippen LogP contribution in [0.25, 0.3) is 0 Å². The molecule has 1 saturated heterocycles. The highest BCUT2D eigenvalue weighted by molar-refractivity contribution is 14.0. The van der Waals surface area contributed by atoms with E-state index in [2.05, 4.69) is 37.6 Å². The van der Waals surface area contributed by atoms with Gasteiger partial charge in [0.1, 0.15) is 5.75 Å². The summed E-state index contributed by atoms with van der Waals surface area (Å²) in [5, 5.41) is 6.92. The third kappa shape index (κ3) is 5.18. The first-order chi connectivity index (χ1) is 14.3. The van der Waals surface area contributed by atoms with Gasteiger partial charge in [0.25, 0.3) is 5.91 Å². The first-order valence-electron chi connectivity index (χ1n) is 10.0. The molecule has 0 bridgehead atoms. The van der Waals surface area contributed by atoms with Crippen LogP contribution in [0.2, 0.25) is 0 Å². The molecule has 0 atom stereocenters. The number of hydrogen-bond donors (Lipinski definition) is 1. The van der Waals surface area contributed by atoms with Crippen molar-refractivity contribution in [2.45, 2.75) is 6.42 Å². The van der Waals surface area contributed by atoms with Crippen LogP contribution in [0.15, 0.2) is 46.8 Å². The van der Waals surface area contributed by atoms with Gasteiger partial charge < -0.3 is 24.8 Å². The molecular formula is C21H28IN5O2S. The average molecular weight is 541 g/mol. The fourth-order valence-electron chi connectivity index (χ4n) is 3.76. The van der Waals surface area contributed by atoms with Crippen molar-refractivity contribution in [3.05, 3.63) is 41.8 Å². The topological polar surface area (TPSA) is 60.4 Å². The molecule has 4 rings (SSSR count). The summed E-state index contributed by atoms with van der Waals surface area (Å²) in [5.41, 5.74) is 0.859. The molecule has 0 aliphatic carbocycles. The number of amides is 1. The van der Waals surface area contributed by atoms with Gasteiger partial charge in [0.05, 0.1) is 10.7 Å². The SMILES string of the molecule is CN=C(NCCCN1C(=O)COc2ccccc21)N1CCN(c2cccs2)CC1.I. The fraction of sp³-hybridized carbons (Fsp3) is 0.429. The van der Waals surface area contributed by atoms with E-state index in [0.717, 1.165) is 56.5 Å². The van der Waals surface area contributed by atoms with Crippen molar-refractivity contribution in [3.8, 4) is 5.75 Å². The minimum Gasteiger partial charge on any atom is -0.482 e. The second-order valence-electron chi connectivity index (χ2n) is 7.05. The molecule has 162 valence electrons. The molecule has 2 aliphatic rings. The van der Waals surface area contributed by atoms with Crippen molar-refractivity contribution in [2.75, 3.05) is 62.7 Å². The number of hydrogen-bond acceptors (Lipinski definition) is 5. The van der Waals surface area contributed by atoms with Gasteiger partial charge in [0.15, 0.2) is 12.6 Å². The number of piperazine rings is 1. The standard InChI is InChI=1S/C21H27N5O2S.HI/c1-22-21(25-13-11-24(12-14-25)20-8-4-15-29-20)23-9-5-10-26-17-6-2-3-7-18(17)28-16-19(26)27;/h2-4,6-8,15H,5,9-14,16H2,1H3,(H,22,23);1H. The summed E-state index contributed by atoms with van der Waals surface area (Å²) in [4.78, 5) is 23.3. The second kappa shape index (κ2) is 10.9. The Kier molecular flexibility index (Phi) is 8.20. The maximum absolute atomic E-state index is 12.3. The summed E-state index contributed by atoms with van der Waals surface area (Å²) < 4.78 is 5.51. The Labute approximate surface area is 198 Å². The van der Waals surface area contributed by atoms with Gasteiger partial charge in [-0.1, -0.05) is 12.1 Å². The lowest BCUT2D eigenvalue weighted by atomic mass is 10.2. The van der Waals surface area contributed by atoms with E-state index < -0.39 is 0 Å². The zero-order valence-electron chi connectivity index (χ0n) is 17.1. The maximum atomic E-state index is 12.3. The summed E-state index contributed by atoms with van der Waals surface area (Å²) in [6, 6.07) is 12.0. The van der Waals surface area contributed by atoms with Crippen LogP contribution in [0.3, 0.4) is 0 Å². The summed E-state index contributed by atoms with van der Waals surface area (Å²) in [6.07, 6.45) is 0.842. The van der Waals surface area contributed by atoms with Crippen molar-refractivity contribution >= 4 is 57.9 Å². The van der Waals surface area contributed by atoms with Crippen LogP contribution in [0, 0.1) is 0 Å². The number of fused-ring (bicyclic) bond motifs is 1. The number of anilines is 2. The minimum atomic E-state index is 0. The lowest BCUT2D eigenvalue weighted by Gasteiger charge is -2.37. The predicted octanol–water partition coefficient (Wildman–Crippen LogP) is 2.88. The van der Waals surface area contributed by atoms with Gasteiger partial charge in [-0.25, -0.2) is 0 Å². The zero-order valence-corrected chi connectivity index (χ0v) is 20.3. The van der Waals surface area contributed by atoms with Crippen LogP contribution < -0.4 is 19.9 Å². The Morgan fingerprint density at radius 2 is 1.97 bits per heavy atom. The molecular weight excluding hydrogens is 513 g/mol. The lowest BCUT2D eigenvalue weighted by Crippen LogP contribution is -2.52. The molecule has 0 unspecified atom stereocenters. The molecule has 0 radical (unpaired) electrons. The predicted molar refractivity (Wildman–Crippen MR) is 134 cm³/mol. The number of para-hydroxylation sites is 2. The van der Waals surface area contributed by atoms with E-state index in [0.29, 0.717) is 6.54 Å². The Bertz CT molecular complexity index is 853. The third-order valence-corrected chi connectivity index (χ3v) is 6.19. The van der Waals surface area contributed by atoms with E-state index in [1.165, 1.54) is 5.00 Å². The minimum absolute atomic E-state index is 0. The summed E-state index contributed by atoms with van der Waals surface area (Å²) in [6.45, 7) is 5.45. The van der Waals surface area contributed by atoms with Crippen molar-refractivity contribution in [3.63, 3.8) is 0 Å². The second-order valence-corrected chi connectivity index (χ2v) is 7.98. The van der Waals surface area contributed by atoms with Gasteiger partial charge in [-0.15, -0.1) is 35.3 Å². The van der Waals surface area contributed by atoms with Crippen molar-refractivity contribution in [1.29, 1.82) is 0 Å². The number of aliphatic imine (C=N–C) groups is 1. The monoisotopic (exact) mass is 541 g/mol. The Morgan fingerprint density at radius 3 is 2.70 bits per heavy atom. The largest absolute Gasteiger partial charge is 0.482 e. The highest BCUT2D eigenvalue weighted by Crippen LogP contribution is 2.31. The molecule has 0 spiro atoms. The van der Waals surface area contributed by atoms with Gasteiger partial charge in [0, 0.05) is 46.3 Å². The quantitative estimate of drug-likeness (QED) is 0.273. The highest BCUT2D eigenvalue weighted by Gasteiger charge is 2.25. The molecule has 1 aromatic carbocycles. The Hall–Kier alpha value is -2.01. The first-order valence-corrected chi connectivity index (χ1v) is 10.9. The van der Waals surface area contributed by atoms with E-state index >= 15 is 0 Å². The van der Waals surface area contributed by atoms with E-state index in [9.17, 15) is 4.79 Å². The molecule has 3 heterocycles. The van der Waals surface area contributed by atoms with Crippen LogP contribution in [-0.2, 0) is 4.79 Å². The molecule has 9 heteroatoms.